The maximum Gasteiger partial charge on any atom is 0.0505 e. The van der Waals surface area contributed by atoms with E-state index in [1.807, 2.05) is 0 Å². The zero-order valence-electron chi connectivity index (χ0n) is 15.6. The number of anilines is 1. The minimum atomic E-state index is 0.653. The lowest BCUT2D eigenvalue weighted by molar-refractivity contribution is 0.196. The zero-order valence-corrected chi connectivity index (χ0v) is 15.6. The monoisotopic (exact) mass is 327 g/mol. The van der Waals surface area contributed by atoms with Crippen molar-refractivity contribution in [3.8, 4) is 0 Å². The Bertz CT molecular complexity index is 650. The second-order valence-corrected chi connectivity index (χ2v) is 7.23. The number of aryl methyl sites for hydroxylation is 1. The van der Waals surface area contributed by atoms with Crippen molar-refractivity contribution in [1.29, 1.82) is 0 Å². The van der Waals surface area contributed by atoms with E-state index in [-0.39, 0.29) is 0 Å². The summed E-state index contributed by atoms with van der Waals surface area (Å²) in [6.45, 7) is 11.5. The van der Waals surface area contributed by atoms with Gasteiger partial charge in [-0.1, -0.05) is 32.8 Å². The van der Waals surface area contributed by atoms with Crippen LogP contribution in [0.5, 0.6) is 0 Å². The smallest absolute Gasteiger partial charge is 0.0505 e. The topological polar surface area (TPSA) is 20.2 Å². The fourth-order valence-electron chi connectivity index (χ4n) is 4.06. The van der Waals surface area contributed by atoms with Gasteiger partial charge in [-0.25, -0.2) is 0 Å². The van der Waals surface area contributed by atoms with Gasteiger partial charge in [-0.2, -0.15) is 0 Å². The van der Waals surface area contributed by atoms with Gasteiger partial charge in [0.2, 0.25) is 0 Å². The Morgan fingerprint density at radius 1 is 1.08 bits per heavy atom. The number of piperidine rings is 1. The van der Waals surface area contributed by atoms with Crippen molar-refractivity contribution >= 4 is 16.6 Å². The molecule has 24 heavy (non-hydrogen) atoms. The average molecular weight is 328 g/mol. The highest BCUT2D eigenvalue weighted by atomic mass is 15.1. The summed E-state index contributed by atoms with van der Waals surface area (Å²) < 4.78 is 2.60. The summed E-state index contributed by atoms with van der Waals surface area (Å²) in [7, 11) is 0. The maximum atomic E-state index is 3.61. The van der Waals surface area contributed by atoms with Gasteiger partial charge in [-0.15, -0.1) is 0 Å². The quantitative estimate of drug-likeness (QED) is 0.705. The number of unbranched alkanes of at least 4 members (excludes halogenated alkanes) is 2. The van der Waals surface area contributed by atoms with Crippen LogP contribution in [0.2, 0.25) is 0 Å². The molecule has 0 aliphatic carbocycles. The molecule has 3 nitrogen and oxygen atoms in total. The normalized spacial score (nSPS) is 16.8. The van der Waals surface area contributed by atoms with Gasteiger partial charge in [-0.3, -0.25) is 0 Å². The van der Waals surface area contributed by atoms with Gasteiger partial charge in [0.05, 0.1) is 5.52 Å². The van der Waals surface area contributed by atoms with Crippen molar-refractivity contribution in [2.45, 2.75) is 58.9 Å². The molecule has 0 unspecified atom stereocenters. The number of hydrogen-bond donors (Lipinski definition) is 1. The minimum absolute atomic E-state index is 0.653. The molecule has 1 fully saturated rings. The third-order valence-electron chi connectivity index (χ3n) is 5.51. The van der Waals surface area contributed by atoms with Crippen LogP contribution in [0.1, 0.15) is 57.7 Å². The van der Waals surface area contributed by atoms with Crippen LogP contribution >= 0.6 is 0 Å². The number of benzene rings is 1. The minimum Gasteiger partial charge on any atom is -0.385 e. The highest BCUT2D eigenvalue weighted by molar-refractivity contribution is 5.84. The number of rotatable bonds is 7. The highest BCUT2D eigenvalue weighted by Crippen LogP contribution is 2.31. The van der Waals surface area contributed by atoms with E-state index in [1.165, 1.54) is 74.0 Å². The molecule has 1 N–H and O–H groups in total. The standard InChI is InChI=1S/C21H33N3/c1-4-6-7-12-22-19-9-8-18-15-17(3)24(21(18)16-19)20-10-13-23(5-2)14-11-20/h8-9,15-16,20,22H,4-7,10-14H2,1-3H3. The molecule has 1 saturated heterocycles. The molecular formula is C21H33N3. The first-order valence-corrected chi connectivity index (χ1v) is 9.80. The number of likely N-dealkylation sites (tertiary alicyclic amines) is 1. The Morgan fingerprint density at radius 2 is 1.88 bits per heavy atom. The van der Waals surface area contributed by atoms with Crippen molar-refractivity contribution in [2.75, 3.05) is 31.5 Å². The Morgan fingerprint density at radius 3 is 2.58 bits per heavy atom. The van der Waals surface area contributed by atoms with Gasteiger partial charge in [-0.05, 0) is 50.9 Å². The summed E-state index contributed by atoms with van der Waals surface area (Å²) in [5.74, 6) is 0. The molecule has 1 aromatic heterocycles. The van der Waals surface area contributed by atoms with Gasteiger partial charge < -0.3 is 14.8 Å². The van der Waals surface area contributed by atoms with Crippen molar-refractivity contribution in [3.05, 3.63) is 30.0 Å². The van der Waals surface area contributed by atoms with Crippen LogP contribution in [-0.4, -0.2) is 35.6 Å². The highest BCUT2D eigenvalue weighted by Gasteiger charge is 2.22. The van der Waals surface area contributed by atoms with E-state index >= 15 is 0 Å². The molecule has 0 amide bonds. The Balaban J connectivity index is 1.78. The van der Waals surface area contributed by atoms with E-state index in [0.29, 0.717) is 6.04 Å². The lowest BCUT2D eigenvalue weighted by atomic mass is 10.0. The fourth-order valence-corrected chi connectivity index (χ4v) is 4.06. The number of nitrogens with zero attached hydrogens (tertiary/aromatic N) is 2. The first-order chi connectivity index (χ1) is 11.7. The molecule has 3 heteroatoms. The number of fused-ring (bicyclic) bond motifs is 1. The van der Waals surface area contributed by atoms with Gasteiger partial charge in [0.1, 0.15) is 0 Å². The van der Waals surface area contributed by atoms with Crippen molar-refractivity contribution in [1.82, 2.24) is 9.47 Å². The van der Waals surface area contributed by atoms with Crippen molar-refractivity contribution < 1.29 is 0 Å². The first-order valence-electron chi connectivity index (χ1n) is 9.80. The molecule has 1 aliphatic rings. The van der Waals surface area contributed by atoms with E-state index in [1.54, 1.807) is 0 Å². The van der Waals surface area contributed by atoms with Crippen molar-refractivity contribution in [2.24, 2.45) is 0 Å². The molecule has 0 radical (unpaired) electrons. The molecular weight excluding hydrogens is 294 g/mol. The predicted molar refractivity (Wildman–Crippen MR) is 105 cm³/mol. The summed E-state index contributed by atoms with van der Waals surface area (Å²) >= 11 is 0. The van der Waals surface area contributed by atoms with Crippen LogP contribution < -0.4 is 5.32 Å². The van der Waals surface area contributed by atoms with Crippen LogP contribution in [0.3, 0.4) is 0 Å². The van der Waals surface area contributed by atoms with E-state index in [0.717, 1.165) is 6.54 Å². The third kappa shape index (κ3) is 3.77. The molecule has 3 rings (SSSR count). The summed E-state index contributed by atoms with van der Waals surface area (Å²) in [6, 6.07) is 9.88. The first kappa shape index (κ1) is 17.3. The molecule has 0 atom stereocenters. The largest absolute Gasteiger partial charge is 0.385 e. The van der Waals surface area contributed by atoms with Gasteiger partial charge in [0.15, 0.2) is 0 Å². The second kappa shape index (κ2) is 8.06. The SMILES string of the molecule is CCCCCNc1ccc2cc(C)n(C3CCN(CC)CC3)c2c1. The molecule has 0 bridgehead atoms. The van der Waals surface area contributed by atoms with Gasteiger partial charge in [0.25, 0.3) is 0 Å². The number of hydrogen-bond acceptors (Lipinski definition) is 2. The maximum absolute atomic E-state index is 3.61. The van der Waals surface area contributed by atoms with Gasteiger partial charge in [0, 0.05) is 42.4 Å². The lowest BCUT2D eigenvalue weighted by Crippen LogP contribution is -2.34. The molecule has 132 valence electrons. The summed E-state index contributed by atoms with van der Waals surface area (Å²) in [5, 5.41) is 4.98. The Labute approximate surface area is 147 Å². The van der Waals surface area contributed by atoms with E-state index in [4.69, 9.17) is 0 Å². The second-order valence-electron chi connectivity index (χ2n) is 7.23. The molecule has 0 spiro atoms. The Hall–Kier alpha value is -1.48. The van der Waals surface area contributed by atoms with Crippen LogP contribution in [0, 0.1) is 6.92 Å². The summed E-state index contributed by atoms with van der Waals surface area (Å²) in [6.07, 6.45) is 6.38. The molecule has 1 aliphatic heterocycles. The van der Waals surface area contributed by atoms with E-state index in [9.17, 15) is 0 Å². The lowest BCUT2D eigenvalue weighted by Gasteiger charge is -2.33. The summed E-state index contributed by atoms with van der Waals surface area (Å²) in [4.78, 5) is 2.57. The van der Waals surface area contributed by atoms with E-state index in [2.05, 4.69) is 59.8 Å². The molecule has 0 saturated carbocycles. The average Bonchev–Trinajstić information content (AvgIpc) is 2.94. The van der Waals surface area contributed by atoms with E-state index < -0.39 is 0 Å². The Kier molecular flexibility index (Phi) is 5.83. The van der Waals surface area contributed by atoms with Gasteiger partial charge >= 0.3 is 0 Å². The van der Waals surface area contributed by atoms with Crippen LogP contribution in [0.15, 0.2) is 24.3 Å². The summed E-state index contributed by atoms with van der Waals surface area (Å²) in [5.41, 5.74) is 4.08. The fraction of sp³-hybridized carbons (Fsp3) is 0.619. The van der Waals surface area contributed by atoms with Crippen LogP contribution in [0.4, 0.5) is 5.69 Å². The van der Waals surface area contributed by atoms with Crippen LogP contribution in [-0.2, 0) is 0 Å². The zero-order chi connectivity index (χ0) is 16.9. The van der Waals surface area contributed by atoms with Crippen LogP contribution in [0.25, 0.3) is 10.9 Å². The molecule has 2 aromatic rings. The van der Waals surface area contributed by atoms with Crippen molar-refractivity contribution in [3.63, 3.8) is 0 Å². The number of aromatic nitrogens is 1. The number of nitrogens with one attached hydrogen (secondary N) is 1. The third-order valence-corrected chi connectivity index (χ3v) is 5.51. The molecule has 1 aromatic carbocycles. The predicted octanol–water partition coefficient (Wildman–Crippen LogP) is 5.21. The molecule has 2 heterocycles.